The molecule has 0 bridgehead atoms. The van der Waals surface area contributed by atoms with Crippen LogP contribution in [0.4, 0.5) is 5.95 Å². The van der Waals surface area contributed by atoms with E-state index in [4.69, 9.17) is 30.5 Å². The molecule has 0 aliphatic carbocycles. The molecule has 14 heteroatoms. The first-order chi connectivity index (χ1) is 17.2. The van der Waals surface area contributed by atoms with Crippen LogP contribution in [0.1, 0.15) is 69.9 Å². The first-order valence-corrected chi connectivity index (χ1v) is 13.8. The highest BCUT2D eigenvalue weighted by atomic mass is 35.5. The van der Waals surface area contributed by atoms with E-state index in [0.29, 0.717) is 23.9 Å². The Morgan fingerprint density at radius 3 is 2.42 bits per heavy atom. The highest BCUT2D eigenvalue weighted by molar-refractivity contribution is 7.93. The van der Waals surface area contributed by atoms with Crippen LogP contribution in [-0.2, 0) is 29.0 Å². The van der Waals surface area contributed by atoms with E-state index in [2.05, 4.69) is 24.9 Å². The number of ether oxygens (including phenoxy) is 4. The Balaban J connectivity index is 1.95. The number of rotatable bonds is 14. The van der Waals surface area contributed by atoms with Crippen molar-refractivity contribution in [1.82, 2.24) is 24.7 Å². The van der Waals surface area contributed by atoms with Gasteiger partial charge in [0, 0.05) is 33.2 Å². The van der Waals surface area contributed by atoms with Crippen molar-refractivity contribution in [2.45, 2.75) is 69.6 Å². The van der Waals surface area contributed by atoms with E-state index in [1.807, 2.05) is 13.8 Å². The highest BCUT2D eigenvalue weighted by Gasteiger charge is 2.37. The molecule has 3 rings (SSSR count). The van der Waals surface area contributed by atoms with Gasteiger partial charge in [0.2, 0.25) is 16.0 Å². The van der Waals surface area contributed by atoms with Crippen molar-refractivity contribution in [3.63, 3.8) is 0 Å². The Morgan fingerprint density at radius 2 is 1.86 bits per heavy atom. The van der Waals surface area contributed by atoms with Crippen molar-refractivity contribution in [3.05, 3.63) is 29.1 Å². The second-order valence-electron chi connectivity index (χ2n) is 8.73. The number of methoxy groups -OCH3 is 2. The first kappa shape index (κ1) is 28.7. The predicted octanol–water partition coefficient (Wildman–Crippen LogP) is 3.09. The van der Waals surface area contributed by atoms with Crippen LogP contribution in [0, 0.1) is 0 Å². The normalized spacial score (nSPS) is 20.1. The summed E-state index contributed by atoms with van der Waals surface area (Å²) < 4.78 is 54.1. The van der Waals surface area contributed by atoms with E-state index in [1.165, 1.54) is 19.3 Å². The standard InChI is InChI=1S/C22H35ClN6O6S/c1-6-9-34-19(20-24-10-16(23)11-25-20)15(3)36(30,31)28-22-27-26-21(18-8-7-14(2)35-18)29(22)17(12-32-4)13-33-5/h10-11,14-15,17-19H,6-9,12-13H2,1-5H3,(H,27,28)/t14-,15-,18-,19+/m0/s1. The van der Waals surface area contributed by atoms with Gasteiger partial charge in [0.05, 0.1) is 30.4 Å². The smallest absolute Gasteiger partial charge is 0.240 e. The molecule has 4 atom stereocenters. The molecule has 36 heavy (non-hydrogen) atoms. The van der Waals surface area contributed by atoms with E-state index >= 15 is 0 Å². The molecule has 0 aromatic carbocycles. The molecule has 12 nitrogen and oxygen atoms in total. The van der Waals surface area contributed by atoms with Crippen molar-refractivity contribution in [2.24, 2.45) is 0 Å². The van der Waals surface area contributed by atoms with Crippen LogP contribution in [-0.4, -0.2) is 78.5 Å². The third kappa shape index (κ3) is 6.90. The van der Waals surface area contributed by atoms with Gasteiger partial charge < -0.3 is 18.9 Å². The fraction of sp³-hybridized carbons (Fsp3) is 0.727. The van der Waals surface area contributed by atoms with Gasteiger partial charge in [0.15, 0.2) is 11.6 Å². The lowest BCUT2D eigenvalue weighted by atomic mass is 10.2. The number of hydrogen-bond donors (Lipinski definition) is 1. The minimum atomic E-state index is -4.04. The van der Waals surface area contributed by atoms with Gasteiger partial charge in [-0.2, -0.15) is 0 Å². The van der Waals surface area contributed by atoms with Gasteiger partial charge in [-0.05, 0) is 33.1 Å². The van der Waals surface area contributed by atoms with Crippen LogP contribution in [0.5, 0.6) is 0 Å². The maximum atomic E-state index is 13.6. The maximum absolute atomic E-state index is 13.6. The second-order valence-corrected chi connectivity index (χ2v) is 11.2. The fourth-order valence-electron chi connectivity index (χ4n) is 4.04. The second kappa shape index (κ2) is 13.1. The summed E-state index contributed by atoms with van der Waals surface area (Å²) in [6.07, 6.45) is 3.94. The van der Waals surface area contributed by atoms with Crippen LogP contribution < -0.4 is 4.72 Å². The van der Waals surface area contributed by atoms with E-state index in [-0.39, 0.29) is 43.2 Å². The number of aromatic nitrogens is 5. The summed E-state index contributed by atoms with van der Waals surface area (Å²) in [5.41, 5.74) is 0. The molecule has 202 valence electrons. The lowest BCUT2D eigenvalue weighted by Crippen LogP contribution is -2.35. The van der Waals surface area contributed by atoms with Gasteiger partial charge in [-0.25, -0.2) is 18.4 Å². The summed E-state index contributed by atoms with van der Waals surface area (Å²) in [7, 11) is -0.914. The Hall–Kier alpha value is -1.90. The lowest BCUT2D eigenvalue weighted by molar-refractivity contribution is 0.0405. The molecule has 2 aromatic heterocycles. The molecule has 1 N–H and O–H groups in total. The zero-order valence-electron chi connectivity index (χ0n) is 21.3. The number of nitrogens with one attached hydrogen (secondary N) is 1. The number of anilines is 1. The lowest BCUT2D eigenvalue weighted by Gasteiger charge is -2.25. The van der Waals surface area contributed by atoms with Crippen LogP contribution in [0.25, 0.3) is 0 Å². The third-order valence-electron chi connectivity index (χ3n) is 5.87. The summed E-state index contributed by atoms with van der Waals surface area (Å²) in [5, 5.41) is 7.77. The minimum absolute atomic E-state index is 0.0466. The summed E-state index contributed by atoms with van der Waals surface area (Å²) in [6.45, 7) is 6.30. The molecule has 0 radical (unpaired) electrons. The minimum Gasteiger partial charge on any atom is -0.382 e. The van der Waals surface area contributed by atoms with Crippen molar-refractivity contribution in [1.29, 1.82) is 0 Å². The molecule has 0 spiro atoms. The molecule has 1 saturated heterocycles. The summed E-state index contributed by atoms with van der Waals surface area (Å²) in [4.78, 5) is 8.38. The average molecular weight is 547 g/mol. The van der Waals surface area contributed by atoms with Gasteiger partial charge in [-0.1, -0.05) is 18.5 Å². The zero-order valence-corrected chi connectivity index (χ0v) is 22.8. The largest absolute Gasteiger partial charge is 0.382 e. The van der Waals surface area contributed by atoms with Gasteiger partial charge >= 0.3 is 0 Å². The van der Waals surface area contributed by atoms with Crippen molar-refractivity contribution in [3.8, 4) is 0 Å². The monoisotopic (exact) mass is 546 g/mol. The molecular formula is C22H35ClN6O6S. The average Bonchev–Trinajstić information content (AvgIpc) is 3.45. The van der Waals surface area contributed by atoms with E-state index in [9.17, 15) is 8.42 Å². The SMILES string of the molecule is CCCO[C@@H](c1ncc(Cl)cn1)[C@H](C)S(=O)(=O)Nc1nnc([C@@H]2CC[C@H](C)O2)n1C(COC)COC. The van der Waals surface area contributed by atoms with E-state index < -0.39 is 21.4 Å². The van der Waals surface area contributed by atoms with Crippen LogP contribution >= 0.6 is 11.6 Å². The van der Waals surface area contributed by atoms with Gasteiger partial charge in [0.1, 0.15) is 17.5 Å². The van der Waals surface area contributed by atoms with Crippen LogP contribution in [0.3, 0.4) is 0 Å². The predicted molar refractivity (Wildman–Crippen MR) is 133 cm³/mol. The molecule has 1 fully saturated rings. The molecule has 3 heterocycles. The summed E-state index contributed by atoms with van der Waals surface area (Å²) in [6, 6.07) is -0.385. The van der Waals surface area contributed by atoms with Gasteiger partial charge in [-0.15, -0.1) is 10.2 Å². The van der Waals surface area contributed by atoms with Crippen molar-refractivity contribution < 1.29 is 27.4 Å². The van der Waals surface area contributed by atoms with Gasteiger partial charge in [0.25, 0.3) is 0 Å². The number of nitrogens with zero attached hydrogens (tertiary/aromatic N) is 5. The molecule has 0 unspecified atom stereocenters. The van der Waals surface area contributed by atoms with Crippen LogP contribution in [0.2, 0.25) is 5.02 Å². The maximum Gasteiger partial charge on any atom is 0.240 e. The molecule has 2 aromatic rings. The molecule has 0 saturated carbocycles. The Kier molecular flexibility index (Phi) is 10.4. The quantitative estimate of drug-likeness (QED) is 0.376. The third-order valence-corrected chi connectivity index (χ3v) is 7.76. The molecular weight excluding hydrogens is 512 g/mol. The molecule has 1 aliphatic rings. The first-order valence-electron chi connectivity index (χ1n) is 11.9. The van der Waals surface area contributed by atoms with E-state index in [1.54, 1.807) is 18.8 Å². The molecule has 1 aliphatic heterocycles. The highest BCUT2D eigenvalue weighted by Crippen LogP contribution is 2.35. The molecule has 0 amide bonds. The fourth-order valence-corrected chi connectivity index (χ4v) is 5.25. The number of halogens is 1. The topological polar surface area (TPSA) is 140 Å². The Bertz CT molecular complexity index is 1060. The Labute approximate surface area is 217 Å². The zero-order chi connectivity index (χ0) is 26.3. The van der Waals surface area contributed by atoms with Crippen molar-refractivity contribution >= 4 is 27.6 Å². The van der Waals surface area contributed by atoms with Crippen molar-refractivity contribution in [2.75, 3.05) is 38.8 Å². The number of sulfonamides is 1. The number of hydrogen-bond acceptors (Lipinski definition) is 10. The van der Waals surface area contributed by atoms with Crippen LogP contribution in [0.15, 0.2) is 12.4 Å². The Morgan fingerprint density at radius 1 is 1.19 bits per heavy atom. The van der Waals surface area contributed by atoms with Gasteiger partial charge in [-0.3, -0.25) is 9.29 Å². The van der Waals surface area contributed by atoms with E-state index in [0.717, 1.165) is 12.8 Å². The summed E-state index contributed by atoms with van der Waals surface area (Å²) >= 11 is 5.92. The summed E-state index contributed by atoms with van der Waals surface area (Å²) in [5.74, 6) is 0.784.